The molecule has 3 nitrogen and oxygen atoms in total. The van der Waals surface area contributed by atoms with Gasteiger partial charge in [-0.1, -0.05) is 30.7 Å². The van der Waals surface area contributed by atoms with E-state index in [1.165, 1.54) is 5.56 Å². The van der Waals surface area contributed by atoms with Gasteiger partial charge in [-0.25, -0.2) is 0 Å². The van der Waals surface area contributed by atoms with Crippen molar-refractivity contribution >= 4 is 22.5 Å². The van der Waals surface area contributed by atoms with Crippen molar-refractivity contribution in [3.8, 4) is 11.5 Å². The van der Waals surface area contributed by atoms with Gasteiger partial charge in [0, 0.05) is 11.6 Å². The molecule has 0 bridgehead atoms. The Balaban J connectivity index is 1.62. The summed E-state index contributed by atoms with van der Waals surface area (Å²) in [6.45, 7) is 3.05. The highest BCUT2D eigenvalue weighted by atomic mass is 35.5. The number of benzene rings is 2. The number of pyridine rings is 1. The predicted molar refractivity (Wildman–Crippen MR) is 93.6 cm³/mol. The number of aryl methyl sites for hydroxylation is 1. The Morgan fingerprint density at radius 3 is 2.74 bits per heavy atom. The maximum atomic E-state index is 6.18. The Bertz CT molecular complexity index is 804. The molecule has 0 saturated heterocycles. The highest BCUT2D eigenvalue weighted by Crippen LogP contribution is 2.29. The zero-order valence-corrected chi connectivity index (χ0v) is 13.7. The third-order valence-electron chi connectivity index (χ3n) is 3.60. The predicted octanol–water partition coefficient (Wildman–Crippen LogP) is 4.91. The van der Waals surface area contributed by atoms with Crippen LogP contribution >= 0.6 is 11.6 Å². The Morgan fingerprint density at radius 2 is 1.87 bits per heavy atom. The molecule has 2 aromatic carbocycles. The summed E-state index contributed by atoms with van der Waals surface area (Å²) in [6.07, 6.45) is 2.73. The quantitative estimate of drug-likeness (QED) is 0.603. The molecule has 4 heteroatoms. The number of nitrogens with zero attached hydrogens (tertiary/aromatic N) is 1. The first-order chi connectivity index (χ1) is 11.3. The molecule has 0 radical (unpaired) electrons. The molecule has 0 aliphatic carbocycles. The Labute approximate surface area is 140 Å². The summed E-state index contributed by atoms with van der Waals surface area (Å²) >= 11 is 6.18. The van der Waals surface area contributed by atoms with Crippen LogP contribution in [-0.4, -0.2) is 18.2 Å². The van der Waals surface area contributed by atoms with Crippen LogP contribution in [0.1, 0.15) is 12.5 Å². The molecule has 3 aromatic rings. The van der Waals surface area contributed by atoms with E-state index >= 15 is 0 Å². The van der Waals surface area contributed by atoms with E-state index in [-0.39, 0.29) is 0 Å². The lowest BCUT2D eigenvalue weighted by Crippen LogP contribution is -2.09. The molecule has 23 heavy (non-hydrogen) atoms. The molecule has 0 aliphatic heterocycles. The van der Waals surface area contributed by atoms with Crippen LogP contribution in [0, 0.1) is 0 Å². The van der Waals surface area contributed by atoms with Crippen LogP contribution in [0.2, 0.25) is 5.02 Å². The zero-order chi connectivity index (χ0) is 16.1. The molecule has 1 heterocycles. The first-order valence-corrected chi connectivity index (χ1v) is 8.03. The van der Waals surface area contributed by atoms with Gasteiger partial charge in [0.2, 0.25) is 0 Å². The number of aromatic nitrogens is 1. The number of fused-ring (bicyclic) bond motifs is 1. The van der Waals surface area contributed by atoms with Gasteiger partial charge in [0.05, 0.1) is 5.02 Å². The second-order valence-electron chi connectivity index (χ2n) is 5.14. The van der Waals surface area contributed by atoms with Gasteiger partial charge in [0.25, 0.3) is 0 Å². The summed E-state index contributed by atoms with van der Waals surface area (Å²) in [6, 6.07) is 15.6. The normalized spacial score (nSPS) is 10.7. The van der Waals surface area contributed by atoms with E-state index in [1.807, 2.05) is 36.4 Å². The fourth-order valence-electron chi connectivity index (χ4n) is 2.39. The van der Waals surface area contributed by atoms with Crippen molar-refractivity contribution in [3.63, 3.8) is 0 Å². The third kappa shape index (κ3) is 3.74. The summed E-state index contributed by atoms with van der Waals surface area (Å²) in [5, 5.41) is 1.57. The fraction of sp³-hybridized carbons (Fsp3) is 0.211. The number of hydrogen-bond donors (Lipinski definition) is 0. The van der Waals surface area contributed by atoms with E-state index < -0.39 is 0 Å². The summed E-state index contributed by atoms with van der Waals surface area (Å²) in [5.41, 5.74) is 2.03. The fourth-order valence-corrected chi connectivity index (χ4v) is 2.61. The third-order valence-corrected chi connectivity index (χ3v) is 3.93. The van der Waals surface area contributed by atoms with Gasteiger partial charge in [0.1, 0.15) is 30.2 Å². The maximum Gasteiger partial charge on any atom is 0.145 e. The molecule has 0 atom stereocenters. The smallest absolute Gasteiger partial charge is 0.145 e. The lowest BCUT2D eigenvalue weighted by molar-refractivity contribution is 0.218. The average molecular weight is 328 g/mol. The molecule has 0 spiro atoms. The van der Waals surface area contributed by atoms with E-state index in [0.717, 1.165) is 28.8 Å². The van der Waals surface area contributed by atoms with Crippen molar-refractivity contribution in [2.24, 2.45) is 0 Å². The monoisotopic (exact) mass is 327 g/mol. The highest BCUT2D eigenvalue weighted by Gasteiger charge is 2.06. The van der Waals surface area contributed by atoms with Crippen molar-refractivity contribution in [2.75, 3.05) is 13.2 Å². The van der Waals surface area contributed by atoms with Gasteiger partial charge >= 0.3 is 0 Å². The Kier molecular flexibility index (Phi) is 4.99. The first kappa shape index (κ1) is 15.6. The molecule has 0 N–H and O–H groups in total. The SMILES string of the molecule is CCc1cccc(OCCOc2ccc(Cl)c3cccnc23)c1. The second kappa shape index (κ2) is 7.34. The first-order valence-electron chi connectivity index (χ1n) is 7.65. The molecule has 0 aliphatic rings. The minimum atomic E-state index is 0.448. The van der Waals surface area contributed by atoms with E-state index in [9.17, 15) is 0 Å². The standard InChI is InChI=1S/C19H18ClNO2/c1-2-14-5-3-6-15(13-14)22-11-12-23-18-9-8-17(20)16-7-4-10-21-19(16)18/h3-10,13H,2,11-12H2,1H3. The van der Waals surface area contributed by atoms with Gasteiger partial charge in [-0.2, -0.15) is 0 Å². The van der Waals surface area contributed by atoms with Crippen molar-refractivity contribution in [3.05, 3.63) is 65.3 Å². The molecule has 0 fully saturated rings. The Hall–Kier alpha value is -2.26. The molecule has 1 aromatic heterocycles. The Morgan fingerprint density at radius 1 is 1.00 bits per heavy atom. The van der Waals surface area contributed by atoms with E-state index in [2.05, 4.69) is 24.0 Å². The van der Waals surface area contributed by atoms with Crippen LogP contribution in [0.5, 0.6) is 11.5 Å². The van der Waals surface area contributed by atoms with Crippen LogP contribution in [-0.2, 0) is 6.42 Å². The molecule has 0 amide bonds. The van der Waals surface area contributed by atoms with Crippen LogP contribution in [0.15, 0.2) is 54.7 Å². The van der Waals surface area contributed by atoms with Gasteiger partial charge in [0.15, 0.2) is 0 Å². The van der Waals surface area contributed by atoms with Crippen LogP contribution in [0.3, 0.4) is 0 Å². The number of hydrogen-bond acceptors (Lipinski definition) is 3. The van der Waals surface area contributed by atoms with Crippen molar-refractivity contribution in [1.82, 2.24) is 4.98 Å². The van der Waals surface area contributed by atoms with Gasteiger partial charge in [-0.05, 0) is 48.4 Å². The molecule has 3 rings (SSSR count). The molecule has 118 valence electrons. The topological polar surface area (TPSA) is 31.4 Å². The van der Waals surface area contributed by atoms with Crippen LogP contribution in [0.4, 0.5) is 0 Å². The largest absolute Gasteiger partial charge is 0.490 e. The summed E-state index contributed by atoms with van der Waals surface area (Å²) < 4.78 is 11.5. The van der Waals surface area contributed by atoms with Gasteiger partial charge in [-0.3, -0.25) is 4.98 Å². The van der Waals surface area contributed by atoms with Gasteiger partial charge < -0.3 is 9.47 Å². The number of rotatable bonds is 6. The molecular weight excluding hydrogens is 310 g/mol. The summed E-state index contributed by atoms with van der Waals surface area (Å²) in [7, 11) is 0. The molecule has 0 unspecified atom stereocenters. The van der Waals surface area contributed by atoms with E-state index in [1.54, 1.807) is 6.20 Å². The van der Waals surface area contributed by atoms with Crippen LogP contribution < -0.4 is 9.47 Å². The minimum absolute atomic E-state index is 0.448. The number of ether oxygens (including phenoxy) is 2. The van der Waals surface area contributed by atoms with E-state index in [4.69, 9.17) is 21.1 Å². The maximum absolute atomic E-state index is 6.18. The van der Waals surface area contributed by atoms with Crippen molar-refractivity contribution < 1.29 is 9.47 Å². The molecular formula is C19H18ClNO2. The van der Waals surface area contributed by atoms with Gasteiger partial charge in [-0.15, -0.1) is 0 Å². The van der Waals surface area contributed by atoms with E-state index in [0.29, 0.717) is 18.2 Å². The lowest BCUT2D eigenvalue weighted by atomic mass is 10.2. The van der Waals surface area contributed by atoms with Crippen molar-refractivity contribution in [1.29, 1.82) is 0 Å². The molecule has 0 saturated carbocycles. The van der Waals surface area contributed by atoms with Crippen molar-refractivity contribution in [2.45, 2.75) is 13.3 Å². The summed E-state index contributed by atoms with van der Waals surface area (Å²) in [5.74, 6) is 1.59. The van der Waals surface area contributed by atoms with Crippen LogP contribution in [0.25, 0.3) is 10.9 Å². The zero-order valence-electron chi connectivity index (χ0n) is 13.0. The second-order valence-corrected chi connectivity index (χ2v) is 5.55. The minimum Gasteiger partial charge on any atom is -0.490 e. The summed E-state index contributed by atoms with van der Waals surface area (Å²) in [4.78, 5) is 4.35. The highest BCUT2D eigenvalue weighted by molar-refractivity contribution is 6.35. The lowest BCUT2D eigenvalue weighted by Gasteiger charge is -2.11. The average Bonchev–Trinajstić information content (AvgIpc) is 2.61. The number of halogens is 1.